The Bertz CT molecular complexity index is 603. The van der Waals surface area contributed by atoms with Crippen molar-refractivity contribution in [2.45, 2.75) is 31.2 Å². The molecular formula is C15H16BrN3O. The zero-order chi connectivity index (χ0) is 14.2. The predicted octanol–water partition coefficient (Wildman–Crippen LogP) is 3.08. The van der Waals surface area contributed by atoms with Gasteiger partial charge in [-0.05, 0) is 37.5 Å². The monoisotopic (exact) mass is 333 g/mol. The maximum atomic E-state index is 12.6. The molecule has 1 heterocycles. The van der Waals surface area contributed by atoms with Crippen LogP contribution in [0.3, 0.4) is 0 Å². The Hall–Kier alpha value is -1.62. The van der Waals surface area contributed by atoms with Gasteiger partial charge in [0.1, 0.15) is 0 Å². The molecule has 0 bridgehead atoms. The van der Waals surface area contributed by atoms with Crippen LogP contribution in [0.15, 0.2) is 41.1 Å². The fourth-order valence-electron chi connectivity index (χ4n) is 2.46. The number of carbonyl (C=O) groups excluding carboxylic acids is 1. The van der Waals surface area contributed by atoms with Gasteiger partial charge >= 0.3 is 0 Å². The van der Waals surface area contributed by atoms with E-state index in [0.717, 1.165) is 28.4 Å². The normalized spacial score (nSPS) is 17.5. The maximum Gasteiger partial charge on any atom is 0.231 e. The number of carbonyl (C=O) groups is 1. The standard InChI is InChI=1S/C15H16BrN3O/c1-10(11-8-17-18-9-11)19-14(20)15(6-7-15)12-2-4-13(16)5-3-12/h2-5,8-10H,6-7H2,1H3,(H,17,18)(H,19,20). The van der Waals surface area contributed by atoms with Crippen LogP contribution in [0.5, 0.6) is 0 Å². The van der Waals surface area contributed by atoms with E-state index in [1.165, 1.54) is 0 Å². The number of rotatable bonds is 4. The minimum Gasteiger partial charge on any atom is -0.349 e. The van der Waals surface area contributed by atoms with Gasteiger partial charge in [0.25, 0.3) is 0 Å². The summed E-state index contributed by atoms with van der Waals surface area (Å²) in [6.07, 6.45) is 5.38. The lowest BCUT2D eigenvalue weighted by Gasteiger charge is -2.19. The first-order valence-electron chi connectivity index (χ1n) is 6.67. The Morgan fingerprint density at radius 3 is 2.65 bits per heavy atom. The van der Waals surface area contributed by atoms with E-state index in [0.29, 0.717) is 0 Å². The molecule has 0 saturated heterocycles. The molecule has 0 radical (unpaired) electrons. The third kappa shape index (κ3) is 2.38. The van der Waals surface area contributed by atoms with Gasteiger partial charge in [0, 0.05) is 16.2 Å². The largest absolute Gasteiger partial charge is 0.349 e. The van der Waals surface area contributed by atoms with Crippen LogP contribution in [0, 0.1) is 0 Å². The Labute approximate surface area is 126 Å². The minimum absolute atomic E-state index is 0.0332. The van der Waals surface area contributed by atoms with Gasteiger partial charge in [0.15, 0.2) is 0 Å². The highest BCUT2D eigenvalue weighted by Gasteiger charge is 2.51. The second-order valence-corrected chi connectivity index (χ2v) is 6.23. The summed E-state index contributed by atoms with van der Waals surface area (Å²) in [7, 11) is 0. The molecule has 1 aromatic carbocycles. The molecule has 1 aliphatic rings. The molecule has 2 N–H and O–H groups in total. The Morgan fingerprint density at radius 2 is 2.10 bits per heavy atom. The van der Waals surface area contributed by atoms with Crippen LogP contribution in [-0.4, -0.2) is 16.1 Å². The molecule has 104 valence electrons. The Kier molecular flexibility index (Phi) is 3.38. The molecule has 1 atom stereocenters. The number of aromatic amines is 1. The summed E-state index contributed by atoms with van der Waals surface area (Å²) in [5.74, 6) is 0.105. The van der Waals surface area contributed by atoms with Crippen molar-refractivity contribution in [3.63, 3.8) is 0 Å². The third-order valence-corrected chi connectivity index (χ3v) is 4.48. The van der Waals surface area contributed by atoms with Crippen molar-refractivity contribution in [2.24, 2.45) is 0 Å². The third-order valence-electron chi connectivity index (χ3n) is 3.95. The molecule has 3 rings (SSSR count). The van der Waals surface area contributed by atoms with Gasteiger partial charge in [0.05, 0.1) is 17.7 Å². The number of hydrogen-bond donors (Lipinski definition) is 2. The zero-order valence-electron chi connectivity index (χ0n) is 11.2. The SMILES string of the molecule is CC(NC(=O)C1(c2ccc(Br)cc2)CC1)c1cn[nH]c1. The average molecular weight is 334 g/mol. The average Bonchev–Trinajstić information content (AvgIpc) is 3.06. The topological polar surface area (TPSA) is 57.8 Å². The number of nitrogens with one attached hydrogen (secondary N) is 2. The maximum absolute atomic E-state index is 12.6. The number of amides is 1. The number of aromatic nitrogens is 2. The zero-order valence-corrected chi connectivity index (χ0v) is 12.8. The number of benzene rings is 1. The van der Waals surface area contributed by atoms with Crippen LogP contribution in [0.25, 0.3) is 0 Å². The van der Waals surface area contributed by atoms with Crippen molar-refractivity contribution in [3.8, 4) is 0 Å². The molecule has 5 heteroatoms. The summed E-state index contributed by atoms with van der Waals surface area (Å²) in [5.41, 5.74) is 1.75. The molecule has 1 saturated carbocycles. The highest BCUT2D eigenvalue weighted by molar-refractivity contribution is 9.10. The minimum atomic E-state index is -0.335. The van der Waals surface area contributed by atoms with Gasteiger partial charge in [-0.2, -0.15) is 5.10 Å². The van der Waals surface area contributed by atoms with Crippen LogP contribution >= 0.6 is 15.9 Å². The molecule has 1 aliphatic carbocycles. The molecule has 2 aromatic rings. The number of halogens is 1. The highest BCUT2D eigenvalue weighted by atomic mass is 79.9. The second kappa shape index (κ2) is 5.05. The molecule has 0 aliphatic heterocycles. The van der Waals surface area contributed by atoms with Gasteiger partial charge in [-0.3, -0.25) is 9.89 Å². The van der Waals surface area contributed by atoms with Crippen LogP contribution in [0.1, 0.15) is 36.9 Å². The second-order valence-electron chi connectivity index (χ2n) is 5.32. The van der Waals surface area contributed by atoms with Crippen molar-refractivity contribution in [3.05, 3.63) is 52.3 Å². The lowest BCUT2D eigenvalue weighted by molar-refractivity contribution is -0.124. The van der Waals surface area contributed by atoms with Crippen molar-refractivity contribution in [1.82, 2.24) is 15.5 Å². The fourth-order valence-corrected chi connectivity index (χ4v) is 2.72. The van der Waals surface area contributed by atoms with E-state index in [9.17, 15) is 4.79 Å². The summed E-state index contributed by atoms with van der Waals surface area (Å²) in [4.78, 5) is 12.6. The van der Waals surface area contributed by atoms with Crippen LogP contribution in [0.2, 0.25) is 0 Å². The first-order chi connectivity index (χ1) is 9.62. The smallest absolute Gasteiger partial charge is 0.231 e. The number of hydrogen-bond acceptors (Lipinski definition) is 2. The van der Waals surface area contributed by atoms with E-state index < -0.39 is 0 Å². The summed E-state index contributed by atoms with van der Waals surface area (Å²) >= 11 is 3.43. The van der Waals surface area contributed by atoms with Crippen LogP contribution in [-0.2, 0) is 10.2 Å². The number of nitrogens with zero attached hydrogens (tertiary/aromatic N) is 1. The van der Waals surface area contributed by atoms with Gasteiger partial charge < -0.3 is 5.32 Å². The molecule has 1 unspecified atom stereocenters. The molecule has 20 heavy (non-hydrogen) atoms. The first-order valence-corrected chi connectivity index (χ1v) is 7.47. The lowest BCUT2D eigenvalue weighted by Crippen LogP contribution is -2.36. The van der Waals surface area contributed by atoms with E-state index >= 15 is 0 Å². The predicted molar refractivity (Wildman–Crippen MR) is 80.2 cm³/mol. The van der Waals surface area contributed by atoms with Crippen LogP contribution < -0.4 is 5.32 Å². The molecule has 4 nitrogen and oxygen atoms in total. The van der Waals surface area contributed by atoms with Gasteiger partial charge in [-0.15, -0.1) is 0 Å². The summed E-state index contributed by atoms with van der Waals surface area (Å²) in [6, 6.07) is 8.00. The Balaban J connectivity index is 1.75. The van der Waals surface area contributed by atoms with Gasteiger partial charge in [-0.1, -0.05) is 28.1 Å². The molecule has 0 spiro atoms. The summed E-state index contributed by atoms with van der Waals surface area (Å²) < 4.78 is 1.03. The van der Waals surface area contributed by atoms with Crippen LogP contribution in [0.4, 0.5) is 0 Å². The highest BCUT2D eigenvalue weighted by Crippen LogP contribution is 2.48. The molecule has 1 aromatic heterocycles. The van der Waals surface area contributed by atoms with Crippen molar-refractivity contribution in [1.29, 1.82) is 0 Å². The molecular weight excluding hydrogens is 318 g/mol. The lowest BCUT2D eigenvalue weighted by atomic mass is 9.94. The fraction of sp³-hybridized carbons (Fsp3) is 0.333. The molecule has 1 amide bonds. The van der Waals surface area contributed by atoms with Gasteiger partial charge in [-0.25, -0.2) is 0 Å². The summed E-state index contributed by atoms with van der Waals surface area (Å²) in [5, 5.41) is 9.77. The van der Waals surface area contributed by atoms with Crippen molar-refractivity contribution >= 4 is 21.8 Å². The van der Waals surface area contributed by atoms with E-state index in [-0.39, 0.29) is 17.4 Å². The van der Waals surface area contributed by atoms with Crippen molar-refractivity contribution in [2.75, 3.05) is 0 Å². The quantitative estimate of drug-likeness (QED) is 0.903. The van der Waals surface area contributed by atoms with E-state index in [1.54, 1.807) is 6.20 Å². The first kappa shape index (κ1) is 13.4. The van der Waals surface area contributed by atoms with E-state index in [4.69, 9.17) is 0 Å². The van der Waals surface area contributed by atoms with Crippen molar-refractivity contribution < 1.29 is 4.79 Å². The summed E-state index contributed by atoms with van der Waals surface area (Å²) in [6.45, 7) is 1.97. The molecule has 1 fully saturated rings. The van der Waals surface area contributed by atoms with Gasteiger partial charge in [0.2, 0.25) is 5.91 Å². The Morgan fingerprint density at radius 1 is 1.40 bits per heavy atom. The number of H-pyrrole nitrogens is 1. The van der Waals surface area contributed by atoms with E-state index in [1.807, 2.05) is 37.4 Å². The van der Waals surface area contributed by atoms with E-state index in [2.05, 4.69) is 31.4 Å².